The molecule has 1 rings (SSSR count). The summed E-state index contributed by atoms with van der Waals surface area (Å²) >= 11 is 0. The third kappa shape index (κ3) is 2.31. The number of morpholine rings is 1. The van der Waals surface area contributed by atoms with Crippen LogP contribution in [0.1, 0.15) is 13.3 Å². The molecule has 0 aliphatic carbocycles. The molecule has 0 saturated carbocycles. The summed E-state index contributed by atoms with van der Waals surface area (Å²) in [4.78, 5) is 11.6. The van der Waals surface area contributed by atoms with E-state index in [1.807, 2.05) is 0 Å². The highest BCUT2D eigenvalue weighted by atomic mass is 28.3. The molecular formula is C9H19NO2Si. The smallest absolute Gasteiger partial charge is 0.240 e. The Bertz CT molecular complexity index is 200. The first-order valence-corrected chi connectivity index (χ1v) is 8.31. The Balaban J connectivity index is 2.80. The Labute approximate surface area is 81.1 Å². The molecule has 1 amide bonds. The van der Waals surface area contributed by atoms with Gasteiger partial charge in [-0.2, -0.15) is 0 Å². The van der Waals surface area contributed by atoms with E-state index in [0.29, 0.717) is 12.6 Å². The zero-order valence-electron chi connectivity index (χ0n) is 8.96. The molecular weight excluding hydrogens is 182 g/mol. The Morgan fingerprint density at radius 1 is 1.54 bits per heavy atom. The average molecular weight is 201 g/mol. The van der Waals surface area contributed by atoms with Crippen molar-refractivity contribution >= 4 is 14.1 Å². The normalized spacial score (nSPS) is 25.1. The lowest BCUT2D eigenvalue weighted by Crippen LogP contribution is -2.60. The van der Waals surface area contributed by atoms with Crippen LogP contribution in [0.2, 0.25) is 19.6 Å². The van der Waals surface area contributed by atoms with Crippen molar-refractivity contribution in [1.29, 1.82) is 0 Å². The number of nitrogens with zero attached hydrogens (tertiary/aromatic N) is 1. The standard InChI is InChI=1S/C9H19NO2Si/c1-5-8-6-12-7-9(11)10(8)13(2,3)4/h8H,5-7H2,1-4H3. The lowest BCUT2D eigenvalue weighted by molar-refractivity contribution is -0.141. The van der Waals surface area contributed by atoms with Gasteiger partial charge in [-0.05, 0) is 6.42 Å². The number of rotatable bonds is 2. The third-order valence-corrected chi connectivity index (χ3v) is 4.42. The van der Waals surface area contributed by atoms with Crippen molar-refractivity contribution in [1.82, 2.24) is 4.57 Å². The number of ether oxygens (including phenoxy) is 1. The summed E-state index contributed by atoms with van der Waals surface area (Å²) in [7, 11) is -1.50. The summed E-state index contributed by atoms with van der Waals surface area (Å²) < 4.78 is 7.34. The molecule has 13 heavy (non-hydrogen) atoms. The summed E-state index contributed by atoms with van der Waals surface area (Å²) in [6, 6.07) is 0.313. The molecule has 0 aromatic heterocycles. The second-order valence-electron chi connectivity index (χ2n) is 4.51. The van der Waals surface area contributed by atoms with Crippen molar-refractivity contribution in [3.63, 3.8) is 0 Å². The highest BCUT2D eigenvalue weighted by molar-refractivity contribution is 6.75. The molecule has 1 unspecified atom stereocenters. The van der Waals surface area contributed by atoms with Crippen LogP contribution in [0.5, 0.6) is 0 Å². The summed E-state index contributed by atoms with van der Waals surface area (Å²) in [5.41, 5.74) is 0. The molecule has 0 bridgehead atoms. The highest BCUT2D eigenvalue weighted by Gasteiger charge is 2.36. The predicted molar refractivity (Wildman–Crippen MR) is 55.1 cm³/mol. The Morgan fingerprint density at radius 3 is 2.54 bits per heavy atom. The van der Waals surface area contributed by atoms with Crippen molar-refractivity contribution in [2.24, 2.45) is 0 Å². The van der Waals surface area contributed by atoms with E-state index >= 15 is 0 Å². The number of hydrogen-bond donors (Lipinski definition) is 0. The van der Waals surface area contributed by atoms with Gasteiger partial charge in [-0.15, -0.1) is 0 Å². The maximum Gasteiger partial charge on any atom is 0.240 e. The van der Waals surface area contributed by atoms with Crippen LogP contribution in [0.3, 0.4) is 0 Å². The average Bonchev–Trinajstić information content (AvgIpc) is 2.01. The van der Waals surface area contributed by atoms with Crippen LogP contribution in [0.15, 0.2) is 0 Å². The van der Waals surface area contributed by atoms with Gasteiger partial charge in [0.15, 0.2) is 8.24 Å². The molecule has 76 valence electrons. The second-order valence-corrected chi connectivity index (χ2v) is 9.34. The lowest BCUT2D eigenvalue weighted by atomic mass is 10.2. The van der Waals surface area contributed by atoms with Crippen LogP contribution in [0, 0.1) is 0 Å². The van der Waals surface area contributed by atoms with Crippen LogP contribution in [0.4, 0.5) is 0 Å². The van der Waals surface area contributed by atoms with Crippen LogP contribution in [-0.2, 0) is 9.53 Å². The maximum atomic E-state index is 11.6. The van der Waals surface area contributed by atoms with Gasteiger partial charge >= 0.3 is 0 Å². The number of amides is 1. The van der Waals surface area contributed by atoms with Crippen LogP contribution in [0.25, 0.3) is 0 Å². The monoisotopic (exact) mass is 201 g/mol. The topological polar surface area (TPSA) is 29.5 Å². The van der Waals surface area contributed by atoms with E-state index < -0.39 is 8.24 Å². The molecule has 0 aromatic rings. The van der Waals surface area contributed by atoms with E-state index in [9.17, 15) is 4.79 Å². The van der Waals surface area contributed by atoms with E-state index in [2.05, 4.69) is 31.1 Å². The van der Waals surface area contributed by atoms with E-state index in [1.165, 1.54) is 0 Å². The van der Waals surface area contributed by atoms with Gasteiger partial charge in [-0.3, -0.25) is 4.79 Å². The first kappa shape index (κ1) is 10.7. The Morgan fingerprint density at radius 2 is 2.15 bits per heavy atom. The van der Waals surface area contributed by atoms with E-state index in [0.717, 1.165) is 6.42 Å². The zero-order chi connectivity index (χ0) is 10.1. The Kier molecular flexibility index (Phi) is 3.13. The van der Waals surface area contributed by atoms with Crippen LogP contribution >= 0.6 is 0 Å². The molecule has 3 nitrogen and oxygen atoms in total. The minimum Gasteiger partial charge on any atom is -0.370 e. The molecule has 1 aliphatic heterocycles. The minimum absolute atomic E-state index is 0.178. The Hall–Kier alpha value is -0.353. The summed E-state index contributed by atoms with van der Waals surface area (Å²) in [5.74, 6) is 0.178. The molecule has 1 aliphatic rings. The van der Waals surface area contributed by atoms with Crippen molar-refractivity contribution in [3.05, 3.63) is 0 Å². The highest BCUT2D eigenvalue weighted by Crippen LogP contribution is 2.19. The largest absolute Gasteiger partial charge is 0.370 e. The van der Waals surface area contributed by atoms with E-state index in [4.69, 9.17) is 4.74 Å². The number of hydrogen-bond acceptors (Lipinski definition) is 2. The summed E-state index contributed by atoms with van der Waals surface area (Å²) in [6.45, 7) is 9.73. The fraction of sp³-hybridized carbons (Fsp3) is 0.889. The fourth-order valence-corrected chi connectivity index (χ4v) is 4.02. The van der Waals surface area contributed by atoms with Crippen molar-refractivity contribution in [2.75, 3.05) is 13.2 Å². The van der Waals surface area contributed by atoms with E-state index in [1.54, 1.807) is 0 Å². The fourth-order valence-electron chi connectivity index (χ4n) is 1.85. The van der Waals surface area contributed by atoms with Gasteiger partial charge in [0.2, 0.25) is 5.91 Å². The first-order chi connectivity index (χ1) is 5.96. The SMILES string of the molecule is CCC1COCC(=O)N1[Si](C)(C)C. The van der Waals surface area contributed by atoms with Crippen molar-refractivity contribution < 1.29 is 9.53 Å². The zero-order valence-corrected chi connectivity index (χ0v) is 9.96. The van der Waals surface area contributed by atoms with Gasteiger partial charge in [0.25, 0.3) is 0 Å². The molecule has 0 spiro atoms. The van der Waals surface area contributed by atoms with Gasteiger partial charge in [-0.1, -0.05) is 26.6 Å². The molecule has 0 N–H and O–H groups in total. The van der Waals surface area contributed by atoms with Crippen molar-refractivity contribution in [2.45, 2.75) is 39.0 Å². The lowest BCUT2D eigenvalue weighted by Gasteiger charge is -2.43. The molecule has 1 heterocycles. The first-order valence-electron chi connectivity index (χ1n) is 4.86. The quantitative estimate of drug-likeness (QED) is 0.633. The van der Waals surface area contributed by atoms with Gasteiger partial charge < -0.3 is 9.30 Å². The van der Waals surface area contributed by atoms with Gasteiger partial charge in [0, 0.05) is 6.04 Å². The van der Waals surface area contributed by atoms with Crippen molar-refractivity contribution in [3.8, 4) is 0 Å². The number of carbonyl (C=O) groups is 1. The minimum atomic E-state index is -1.50. The predicted octanol–water partition coefficient (Wildman–Crippen LogP) is 1.46. The van der Waals surface area contributed by atoms with Gasteiger partial charge in [0.1, 0.15) is 6.61 Å². The van der Waals surface area contributed by atoms with E-state index in [-0.39, 0.29) is 12.5 Å². The molecule has 0 aromatic carbocycles. The summed E-state index contributed by atoms with van der Waals surface area (Å²) in [6.07, 6.45) is 0.996. The van der Waals surface area contributed by atoms with Crippen LogP contribution in [-0.4, -0.2) is 38.0 Å². The molecule has 1 saturated heterocycles. The molecule has 1 atom stereocenters. The molecule has 0 radical (unpaired) electrons. The third-order valence-electron chi connectivity index (χ3n) is 2.36. The van der Waals surface area contributed by atoms with Gasteiger partial charge in [-0.25, -0.2) is 0 Å². The summed E-state index contributed by atoms with van der Waals surface area (Å²) in [5, 5.41) is 0. The van der Waals surface area contributed by atoms with Gasteiger partial charge in [0.05, 0.1) is 6.61 Å². The number of carbonyl (C=O) groups excluding carboxylic acids is 1. The second kappa shape index (κ2) is 3.80. The molecule has 4 heteroatoms. The van der Waals surface area contributed by atoms with Crippen LogP contribution < -0.4 is 0 Å². The maximum absolute atomic E-state index is 11.6. The molecule has 1 fully saturated rings.